The fraction of sp³-hybridized carbons (Fsp3) is 0.385. The van der Waals surface area contributed by atoms with Crippen molar-refractivity contribution in [3.8, 4) is 0 Å². The lowest BCUT2D eigenvalue weighted by Crippen LogP contribution is -2.24. The van der Waals surface area contributed by atoms with Gasteiger partial charge >= 0.3 is 0 Å². The first-order valence-corrected chi connectivity index (χ1v) is 6.41. The normalized spacial score (nSPS) is 10.8. The van der Waals surface area contributed by atoms with Crippen molar-refractivity contribution in [1.29, 1.82) is 0 Å². The fourth-order valence-electron chi connectivity index (χ4n) is 1.76. The smallest absolute Gasteiger partial charge is 0.158 e. The molecule has 1 heterocycles. The minimum atomic E-state index is 0.526. The van der Waals surface area contributed by atoms with Crippen LogP contribution in [-0.4, -0.2) is 42.9 Å². The zero-order valence-corrected chi connectivity index (χ0v) is 11.1. The van der Waals surface area contributed by atoms with E-state index < -0.39 is 0 Å². The maximum Gasteiger partial charge on any atom is 0.158 e. The van der Waals surface area contributed by atoms with Crippen molar-refractivity contribution < 1.29 is 4.74 Å². The second-order valence-corrected chi connectivity index (χ2v) is 4.36. The van der Waals surface area contributed by atoms with Crippen LogP contribution in [0.3, 0.4) is 0 Å². The SMILES string of the molecule is CN(CCOCCCl)c1nncc2ccccc12. The van der Waals surface area contributed by atoms with Crippen molar-refractivity contribution in [1.82, 2.24) is 10.2 Å². The molecule has 0 unspecified atom stereocenters. The van der Waals surface area contributed by atoms with Crippen molar-refractivity contribution in [3.63, 3.8) is 0 Å². The molecular formula is C13H16ClN3O. The fourth-order valence-corrected chi connectivity index (χ4v) is 1.87. The first-order valence-electron chi connectivity index (χ1n) is 5.88. The Hall–Kier alpha value is -1.39. The maximum absolute atomic E-state index is 5.55. The van der Waals surface area contributed by atoms with Crippen LogP contribution in [0, 0.1) is 0 Å². The molecule has 0 saturated carbocycles. The summed E-state index contributed by atoms with van der Waals surface area (Å²) >= 11 is 5.55. The van der Waals surface area contributed by atoms with Gasteiger partial charge in [0.05, 0.1) is 19.4 Å². The quantitative estimate of drug-likeness (QED) is 0.594. The summed E-state index contributed by atoms with van der Waals surface area (Å²) in [6, 6.07) is 8.09. The van der Waals surface area contributed by atoms with Crippen molar-refractivity contribution in [2.75, 3.05) is 37.6 Å². The average Bonchev–Trinajstić information content (AvgIpc) is 2.43. The highest BCUT2D eigenvalue weighted by Crippen LogP contribution is 2.21. The van der Waals surface area contributed by atoms with Crippen molar-refractivity contribution in [2.24, 2.45) is 0 Å². The molecule has 0 bridgehead atoms. The molecule has 2 aromatic rings. The Morgan fingerprint density at radius 2 is 2.11 bits per heavy atom. The highest BCUT2D eigenvalue weighted by molar-refractivity contribution is 6.17. The summed E-state index contributed by atoms with van der Waals surface area (Å²) in [6.07, 6.45) is 1.77. The zero-order valence-electron chi connectivity index (χ0n) is 10.3. The number of halogens is 1. The summed E-state index contributed by atoms with van der Waals surface area (Å²) in [5.41, 5.74) is 0. The molecule has 0 fully saturated rings. The summed E-state index contributed by atoms with van der Waals surface area (Å²) in [5, 5.41) is 10.4. The molecule has 1 aromatic heterocycles. The molecule has 0 aliphatic heterocycles. The lowest BCUT2D eigenvalue weighted by atomic mass is 10.2. The molecule has 0 aliphatic rings. The van der Waals surface area contributed by atoms with E-state index in [2.05, 4.69) is 16.3 Å². The van der Waals surface area contributed by atoms with Gasteiger partial charge in [-0.05, 0) is 0 Å². The number of rotatable bonds is 6. The molecule has 18 heavy (non-hydrogen) atoms. The molecule has 0 spiro atoms. The highest BCUT2D eigenvalue weighted by Gasteiger charge is 2.07. The minimum absolute atomic E-state index is 0.526. The number of likely N-dealkylation sites (N-methyl/N-ethyl adjacent to an activating group) is 1. The number of alkyl halides is 1. The molecule has 0 N–H and O–H groups in total. The van der Waals surface area contributed by atoms with Gasteiger partial charge in [0.15, 0.2) is 5.82 Å². The molecule has 1 aromatic carbocycles. The largest absolute Gasteiger partial charge is 0.378 e. The van der Waals surface area contributed by atoms with Gasteiger partial charge in [0.2, 0.25) is 0 Å². The molecule has 0 atom stereocenters. The zero-order chi connectivity index (χ0) is 12.8. The molecule has 2 rings (SSSR count). The number of hydrogen-bond donors (Lipinski definition) is 0. The third-order valence-corrected chi connectivity index (χ3v) is 2.86. The predicted molar refractivity (Wildman–Crippen MR) is 74.3 cm³/mol. The highest BCUT2D eigenvalue weighted by atomic mass is 35.5. The van der Waals surface area contributed by atoms with Crippen LogP contribution >= 0.6 is 11.6 Å². The van der Waals surface area contributed by atoms with E-state index in [0.717, 1.165) is 23.1 Å². The van der Waals surface area contributed by atoms with Crippen molar-refractivity contribution in [3.05, 3.63) is 30.5 Å². The number of anilines is 1. The molecule has 0 saturated heterocycles. The number of hydrogen-bond acceptors (Lipinski definition) is 4. The topological polar surface area (TPSA) is 38.2 Å². The van der Waals surface area contributed by atoms with Crippen LogP contribution in [0.5, 0.6) is 0 Å². The van der Waals surface area contributed by atoms with Crippen LogP contribution in [0.2, 0.25) is 0 Å². The average molecular weight is 266 g/mol. The Labute approximate surface area is 112 Å². The van der Waals surface area contributed by atoms with Gasteiger partial charge in [0.25, 0.3) is 0 Å². The number of aromatic nitrogens is 2. The lowest BCUT2D eigenvalue weighted by Gasteiger charge is -2.18. The van der Waals surface area contributed by atoms with Crippen LogP contribution in [0.25, 0.3) is 10.8 Å². The van der Waals surface area contributed by atoms with E-state index in [1.165, 1.54) is 0 Å². The number of benzene rings is 1. The van der Waals surface area contributed by atoms with Gasteiger partial charge in [-0.25, -0.2) is 0 Å². The number of ether oxygens (including phenoxy) is 1. The number of nitrogens with zero attached hydrogens (tertiary/aromatic N) is 3. The van der Waals surface area contributed by atoms with Crippen LogP contribution < -0.4 is 4.90 Å². The third-order valence-electron chi connectivity index (χ3n) is 2.71. The molecule has 5 heteroatoms. The first kappa shape index (κ1) is 13.1. The van der Waals surface area contributed by atoms with Crippen LogP contribution in [-0.2, 0) is 4.74 Å². The minimum Gasteiger partial charge on any atom is -0.378 e. The van der Waals surface area contributed by atoms with E-state index >= 15 is 0 Å². The van der Waals surface area contributed by atoms with E-state index in [1.807, 2.05) is 30.1 Å². The van der Waals surface area contributed by atoms with Crippen LogP contribution in [0.15, 0.2) is 30.5 Å². The van der Waals surface area contributed by atoms with Gasteiger partial charge in [0.1, 0.15) is 0 Å². The second-order valence-electron chi connectivity index (χ2n) is 3.98. The van der Waals surface area contributed by atoms with Gasteiger partial charge in [-0.1, -0.05) is 24.3 Å². The summed E-state index contributed by atoms with van der Waals surface area (Å²) in [5.74, 6) is 1.40. The van der Waals surface area contributed by atoms with Crippen LogP contribution in [0.4, 0.5) is 5.82 Å². The Kier molecular flexibility index (Phi) is 4.73. The molecule has 0 aliphatic carbocycles. The number of fused-ring (bicyclic) bond motifs is 1. The van der Waals surface area contributed by atoms with E-state index in [-0.39, 0.29) is 0 Å². The maximum atomic E-state index is 5.55. The van der Waals surface area contributed by atoms with E-state index in [9.17, 15) is 0 Å². The van der Waals surface area contributed by atoms with Crippen molar-refractivity contribution in [2.45, 2.75) is 0 Å². The van der Waals surface area contributed by atoms with Gasteiger partial charge in [0, 0.05) is 30.2 Å². The summed E-state index contributed by atoms with van der Waals surface area (Å²) < 4.78 is 5.37. The Morgan fingerprint density at radius 1 is 1.28 bits per heavy atom. The molecular weight excluding hydrogens is 250 g/mol. The Morgan fingerprint density at radius 3 is 2.94 bits per heavy atom. The molecule has 0 radical (unpaired) electrons. The van der Waals surface area contributed by atoms with Gasteiger partial charge in [-0.15, -0.1) is 16.7 Å². The summed E-state index contributed by atoms with van der Waals surface area (Å²) in [6.45, 7) is 1.98. The summed E-state index contributed by atoms with van der Waals surface area (Å²) in [4.78, 5) is 2.05. The molecule has 96 valence electrons. The van der Waals surface area contributed by atoms with Gasteiger partial charge in [-0.2, -0.15) is 5.10 Å². The monoisotopic (exact) mass is 265 g/mol. The molecule has 0 amide bonds. The van der Waals surface area contributed by atoms with Gasteiger partial charge < -0.3 is 9.64 Å². The first-order chi connectivity index (χ1) is 8.83. The molecule has 4 nitrogen and oxygen atoms in total. The van der Waals surface area contributed by atoms with Gasteiger partial charge in [-0.3, -0.25) is 0 Å². The Balaban J connectivity index is 2.10. The second kappa shape index (κ2) is 6.52. The predicted octanol–water partition coefficient (Wildman–Crippen LogP) is 2.32. The van der Waals surface area contributed by atoms with E-state index in [0.29, 0.717) is 19.1 Å². The standard InChI is InChI=1S/C13H16ClN3O/c1-17(7-9-18-8-6-14)13-12-5-3-2-4-11(12)10-15-16-13/h2-5,10H,6-9H2,1H3. The van der Waals surface area contributed by atoms with Crippen molar-refractivity contribution >= 4 is 28.2 Å². The lowest BCUT2D eigenvalue weighted by molar-refractivity contribution is 0.156. The Bertz CT molecular complexity index is 501. The third kappa shape index (κ3) is 3.09. The summed E-state index contributed by atoms with van der Waals surface area (Å²) in [7, 11) is 1.99. The van der Waals surface area contributed by atoms with E-state index in [1.54, 1.807) is 6.20 Å². The van der Waals surface area contributed by atoms with Crippen LogP contribution in [0.1, 0.15) is 0 Å². The van der Waals surface area contributed by atoms with E-state index in [4.69, 9.17) is 16.3 Å².